The highest BCUT2D eigenvalue weighted by molar-refractivity contribution is 5.97. The van der Waals surface area contributed by atoms with E-state index in [-0.39, 0.29) is 5.84 Å². The highest BCUT2D eigenvalue weighted by Crippen LogP contribution is 2.21. The van der Waals surface area contributed by atoms with Crippen LogP contribution >= 0.6 is 0 Å². The number of oxime groups is 1. The normalized spacial score (nSPS) is 11.4. The molecular formula is C13H15N5O. The highest BCUT2D eigenvalue weighted by Gasteiger charge is 2.07. The molecule has 3 N–H and O–H groups in total. The van der Waals surface area contributed by atoms with E-state index in [0.29, 0.717) is 5.56 Å². The van der Waals surface area contributed by atoms with Gasteiger partial charge in [-0.2, -0.15) is 5.10 Å². The number of rotatable bonds is 3. The summed E-state index contributed by atoms with van der Waals surface area (Å²) in [4.78, 5) is 1.91. The maximum absolute atomic E-state index is 8.61. The van der Waals surface area contributed by atoms with Gasteiger partial charge in [0.25, 0.3) is 0 Å². The van der Waals surface area contributed by atoms with E-state index < -0.39 is 0 Å². The van der Waals surface area contributed by atoms with Gasteiger partial charge in [-0.25, -0.2) is 0 Å². The Kier molecular flexibility index (Phi) is 3.61. The Morgan fingerprint density at radius 3 is 2.58 bits per heavy atom. The number of amidine groups is 1. The third-order valence-electron chi connectivity index (χ3n) is 2.78. The van der Waals surface area contributed by atoms with Crippen LogP contribution in [-0.4, -0.2) is 28.3 Å². The lowest BCUT2D eigenvalue weighted by Gasteiger charge is -2.18. The molecule has 0 radical (unpaired) electrons. The summed E-state index contributed by atoms with van der Waals surface area (Å²) in [7, 11) is 1.90. The summed E-state index contributed by atoms with van der Waals surface area (Å²) in [6.45, 7) is 1.97. The number of aryl methyl sites for hydroxylation is 1. The Balaban J connectivity index is 2.27. The summed E-state index contributed by atoms with van der Waals surface area (Å²) in [5.41, 5.74) is 8.16. The molecular weight excluding hydrogens is 242 g/mol. The molecule has 0 atom stereocenters. The summed E-state index contributed by atoms with van der Waals surface area (Å²) in [6.07, 6.45) is 1.71. The Morgan fingerprint density at radius 1 is 1.32 bits per heavy atom. The fourth-order valence-corrected chi connectivity index (χ4v) is 1.66. The molecule has 0 aliphatic rings. The molecule has 0 amide bonds. The molecule has 0 saturated carbocycles. The van der Waals surface area contributed by atoms with Crippen molar-refractivity contribution in [2.24, 2.45) is 10.9 Å². The zero-order valence-corrected chi connectivity index (χ0v) is 10.8. The first-order valence-electron chi connectivity index (χ1n) is 5.73. The van der Waals surface area contributed by atoms with Crippen LogP contribution in [0.4, 0.5) is 11.5 Å². The number of nitrogens with two attached hydrogens (primary N) is 1. The molecule has 1 aromatic carbocycles. The topological polar surface area (TPSA) is 87.6 Å². The van der Waals surface area contributed by atoms with Gasteiger partial charge in [-0.1, -0.05) is 5.16 Å². The minimum atomic E-state index is 0.0875. The van der Waals surface area contributed by atoms with Crippen molar-refractivity contribution in [3.05, 3.63) is 47.7 Å². The molecule has 0 saturated heterocycles. The summed E-state index contributed by atoms with van der Waals surface area (Å²) >= 11 is 0. The van der Waals surface area contributed by atoms with E-state index in [4.69, 9.17) is 10.9 Å². The van der Waals surface area contributed by atoms with Crippen LogP contribution in [0.3, 0.4) is 0 Å². The van der Waals surface area contributed by atoms with Crippen molar-refractivity contribution in [3.8, 4) is 0 Å². The predicted octanol–water partition coefficient (Wildman–Crippen LogP) is 1.65. The second-order valence-corrected chi connectivity index (χ2v) is 4.18. The zero-order valence-electron chi connectivity index (χ0n) is 10.8. The molecule has 0 bridgehead atoms. The van der Waals surface area contributed by atoms with Gasteiger partial charge in [0.2, 0.25) is 0 Å². The van der Waals surface area contributed by atoms with Crippen LogP contribution in [0.5, 0.6) is 0 Å². The first-order chi connectivity index (χ1) is 9.11. The molecule has 6 heteroatoms. The summed E-state index contributed by atoms with van der Waals surface area (Å²) in [6, 6.07) is 9.26. The van der Waals surface area contributed by atoms with Crippen LogP contribution in [-0.2, 0) is 0 Å². The van der Waals surface area contributed by atoms with E-state index in [1.165, 1.54) is 0 Å². The van der Waals surface area contributed by atoms with Crippen LogP contribution in [0.2, 0.25) is 0 Å². The summed E-state index contributed by atoms with van der Waals surface area (Å²) in [5.74, 6) is 0.848. The minimum absolute atomic E-state index is 0.0875. The molecule has 0 unspecified atom stereocenters. The van der Waals surface area contributed by atoms with E-state index in [1.807, 2.05) is 37.1 Å². The highest BCUT2D eigenvalue weighted by atomic mass is 16.4. The van der Waals surface area contributed by atoms with Crippen molar-refractivity contribution in [3.63, 3.8) is 0 Å². The van der Waals surface area contributed by atoms with Crippen molar-refractivity contribution >= 4 is 17.3 Å². The molecule has 6 nitrogen and oxygen atoms in total. The molecule has 0 aliphatic carbocycles. The average Bonchev–Trinajstić information content (AvgIpc) is 2.46. The van der Waals surface area contributed by atoms with Gasteiger partial charge < -0.3 is 15.8 Å². The smallest absolute Gasteiger partial charge is 0.170 e. The fraction of sp³-hybridized carbons (Fsp3) is 0.154. The van der Waals surface area contributed by atoms with Crippen molar-refractivity contribution in [1.82, 2.24) is 10.2 Å². The molecule has 0 aliphatic heterocycles. The van der Waals surface area contributed by atoms with Gasteiger partial charge in [0.15, 0.2) is 11.7 Å². The first-order valence-corrected chi connectivity index (χ1v) is 5.73. The number of aromatic nitrogens is 2. The lowest BCUT2D eigenvalue weighted by atomic mass is 10.2. The largest absolute Gasteiger partial charge is 0.409 e. The van der Waals surface area contributed by atoms with Crippen molar-refractivity contribution in [1.29, 1.82) is 0 Å². The monoisotopic (exact) mass is 257 g/mol. The van der Waals surface area contributed by atoms with E-state index in [1.54, 1.807) is 18.3 Å². The average molecular weight is 257 g/mol. The number of hydrogen-bond donors (Lipinski definition) is 2. The number of anilines is 2. The summed E-state index contributed by atoms with van der Waals surface area (Å²) in [5, 5.41) is 19.6. The zero-order chi connectivity index (χ0) is 13.8. The molecule has 1 aromatic heterocycles. The number of nitrogens with zero attached hydrogens (tertiary/aromatic N) is 4. The van der Waals surface area contributed by atoms with Crippen LogP contribution in [0, 0.1) is 6.92 Å². The van der Waals surface area contributed by atoms with E-state index in [9.17, 15) is 0 Å². The molecule has 1 heterocycles. The predicted molar refractivity (Wildman–Crippen MR) is 73.8 cm³/mol. The van der Waals surface area contributed by atoms with Gasteiger partial charge in [0.05, 0.1) is 6.20 Å². The van der Waals surface area contributed by atoms with Crippen LogP contribution in [0.15, 0.2) is 41.7 Å². The maximum Gasteiger partial charge on any atom is 0.170 e. The fourth-order valence-electron chi connectivity index (χ4n) is 1.66. The quantitative estimate of drug-likeness (QED) is 0.378. The molecule has 0 spiro atoms. The van der Waals surface area contributed by atoms with Crippen molar-refractivity contribution in [2.45, 2.75) is 6.92 Å². The SMILES string of the molecule is Cc1cnnc(N(C)c2ccc(/C(N)=N/O)cc2)c1. The number of hydrogen-bond acceptors (Lipinski definition) is 5. The third kappa shape index (κ3) is 2.79. The van der Waals surface area contributed by atoms with Crippen LogP contribution in [0.25, 0.3) is 0 Å². The molecule has 2 aromatic rings. The molecule has 19 heavy (non-hydrogen) atoms. The molecule has 98 valence electrons. The maximum atomic E-state index is 8.61. The van der Waals surface area contributed by atoms with E-state index in [2.05, 4.69) is 15.4 Å². The summed E-state index contributed by atoms with van der Waals surface area (Å²) < 4.78 is 0. The van der Waals surface area contributed by atoms with Crippen molar-refractivity contribution in [2.75, 3.05) is 11.9 Å². The van der Waals surface area contributed by atoms with Gasteiger partial charge in [0.1, 0.15) is 0 Å². The second-order valence-electron chi connectivity index (χ2n) is 4.18. The van der Waals surface area contributed by atoms with Gasteiger partial charge >= 0.3 is 0 Å². The van der Waals surface area contributed by atoms with Crippen LogP contribution in [0.1, 0.15) is 11.1 Å². The van der Waals surface area contributed by atoms with E-state index >= 15 is 0 Å². The Bertz CT molecular complexity index is 594. The van der Waals surface area contributed by atoms with E-state index in [0.717, 1.165) is 17.1 Å². The third-order valence-corrected chi connectivity index (χ3v) is 2.78. The standard InChI is InChI=1S/C13H15N5O/c1-9-7-12(16-15-8-9)18(2)11-5-3-10(4-6-11)13(14)17-19/h3-8,19H,1-2H3,(H2,14,17). The Morgan fingerprint density at radius 2 is 2.00 bits per heavy atom. The lowest BCUT2D eigenvalue weighted by Crippen LogP contribution is -2.14. The second kappa shape index (κ2) is 5.34. The minimum Gasteiger partial charge on any atom is -0.409 e. The van der Waals surface area contributed by atoms with Gasteiger partial charge in [-0.05, 0) is 42.8 Å². The Hall–Kier alpha value is -2.63. The van der Waals surface area contributed by atoms with Gasteiger partial charge in [-0.15, -0.1) is 5.10 Å². The molecule has 0 fully saturated rings. The first kappa shape index (κ1) is 12.8. The van der Waals surface area contributed by atoms with Gasteiger partial charge in [-0.3, -0.25) is 0 Å². The van der Waals surface area contributed by atoms with Crippen LogP contribution < -0.4 is 10.6 Å². The Labute approximate surface area is 111 Å². The van der Waals surface area contributed by atoms with Crippen molar-refractivity contribution < 1.29 is 5.21 Å². The number of benzene rings is 1. The lowest BCUT2D eigenvalue weighted by molar-refractivity contribution is 0.318. The molecule has 2 rings (SSSR count). The van der Waals surface area contributed by atoms with Gasteiger partial charge in [0, 0.05) is 18.3 Å².